The second kappa shape index (κ2) is 4.44. The Morgan fingerprint density at radius 1 is 1.38 bits per heavy atom. The van der Waals surface area contributed by atoms with Crippen LogP contribution >= 0.6 is 11.3 Å². The monoisotopic (exact) mass is 234 g/mol. The molecule has 82 valence electrons. The summed E-state index contributed by atoms with van der Waals surface area (Å²) in [6.07, 6.45) is 1.54. The van der Waals surface area contributed by atoms with E-state index < -0.39 is 0 Å². The maximum atomic E-state index is 10.4. The van der Waals surface area contributed by atoms with Crippen molar-refractivity contribution in [1.29, 1.82) is 0 Å². The molecule has 0 spiro atoms. The van der Waals surface area contributed by atoms with Gasteiger partial charge in [0, 0.05) is 17.7 Å². The molecule has 2 aromatic heterocycles. The first kappa shape index (κ1) is 10.8. The molecule has 2 aromatic rings. The number of nitroso groups, excluding NO2 is 1. The molecule has 0 N–H and O–H groups in total. The van der Waals surface area contributed by atoms with Crippen LogP contribution in [0.25, 0.3) is 10.6 Å². The molecule has 0 bridgehead atoms. The highest BCUT2D eigenvalue weighted by molar-refractivity contribution is 7.14. The Kier molecular flexibility index (Phi) is 3.00. The van der Waals surface area contributed by atoms with Crippen LogP contribution in [0.3, 0.4) is 0 Å². The smallest absolute Gasteiger partial charge is 0.197 e. The van der Waals surface area contributed by atoms with Crippen LogP contribution in [0, 0.1) is 4.91 Å². The van der Waals surface area contributed by atoms with Gasteiger partial charge in [0.15, 0.2) is 5.82 Å². The standard InChI is InChI=1S/C10H10N4OS/c1-6(2)9-12-13-10(16-9)7-3-4-11-8(5-7)14-15/h3-6H,1-2H3. The van der Waals surface area contributed by atoms with Crippen LogP contribution in [0.2, 0.25) is 0 Å². The van der Waals surface area contributed by atoms with E-state index in [-0.39, 0.29) is 5.82 Å². The molecule has 0 amide bonds. The summed E-state index contributed by atoms with van der Waals surface area (Å²) in [4.78, 5) is 14.2. The molecule has 0 aromatic carbocycles. The third-order valence-electron chi connectivity index (χ3n) is 2.02. The van der Waals surface area contributed by atoms with E-state index in [0.717, 1.165) is 15.6 Å². The Morgan fingerprint density at radius 2 is 2.19 bits per heavy atom. The number of hydrogen-bond donors (Lipinski definition) is 0. The van der Waals surface area contributed by atoms with Gasteiger partial charge in [-0.2, -0.15) is 0 Å². The zero-order valence-electron chi connectivity index (χ0n) is 8.91. The van der Waals surface area contributed by atoms with Gasteiger partial charge in [0.2, 0.25) is 0 Å². The predicted octanol–water partition coefficient (Wildman–Crippen LogP) is 3.12. The van der Waals surface area contributed by atoms with E-state index in [2.05, 4.69) is 34.2 Å². The minimum absolute atomic E-state index is 0.166. The first-order valence-electron chi connectivity index (χ1n) is 4.84. The van der Waals surface area contributed by atoms with Crippen LogP contribution in [0.4, 0.5) is 5.82 Å². The molecule has 6 heteroatoms. The van der Waals surface area contributed by atoms with E-state index in [9.17, 15) is 4.91 Å². The summed E-state index contributed by atoms with van der Waals surface area (Å²) in [5.74, 6) is 0.524. The fraction of sp³-hybridized carbons (Fsp3) is 0.300. The second-order valence-electron chi connectivity index (χ2n) is 3.59. The van der Waals surface area contributed by atoms with Crippen molar-refractivity contribution in [2.75, 3.05) is 0 Å². The van der Waals surface area contributed by atoms with Gasteiger partial charge in [-0.15, -0.1) is 15.1 Å². The molecule has 0 aliphatic rings. The number of hydrogen-bond acceptors (Lipinski definition) is 6. The van der Waals surface area contributed by atoms with Gasteiger partial charge in [-0.25, -0.2) is 4.98 Å². The first-order valence-corrected chi connectivity index (χ1v) is 5.65. The van der Waals surface area contributed by atoms with Gasteiger partial charge in [0.1, 0.15) is 10.0 Å². The number of nitrogens with zero attached hydrogens (tertiary/aromatic N) is 4. The van der Waals surface area contributed by atoms with E-state index in [1.54, 1.807) is 18.3 Å². The minimum Gasteiger partial charge on any atom is -0.234 e. The molecule has 0 saturated heterocycles. The Bertz CT molecular complexity index is 509. The van der Waals surface area contributed by atoms with Gasteiger partial charge in [-0.05, 0) is 17.3 Å². The van der Waals surface area contributed by atoms with Gasteiger partial charge < -0.3 is 0 Å². The van der Waals surface area contributed by atoms with Crippen LogP contribution in [0.1, 0.15) is 24.8 Å². The summed E-state index contributed by atoms with van der Waals surface area (Å²) in [5, 5.41) is 12.7. The molecular weight excluding hydrogens is 224 g/mol. The summed E-state index contributed by atoms with van der Waals surface area (Å²) < 4.78 is 0. The largest absolute Gasteiger partial charge is 0.234 e. The molecule has 0 aliphatic heterocycles. The van der Waals surface area contributed by atoms with Crippen molar-refractivity contribution in [1.82, 2.24) is 15.2 Å². The summed E-state index contributed by atoms with van der Waals surface area (Å²) in [7, 11) is 0. The average Bonchev–Trinajstić information content (AvgIpc) is 2.78. The third kappa shape index (κ3) is 2.11. The van der Waals surface area contributed by atoms with Crippen LogP contribution in [0.5, 0.6) is 0 Å². The maximum absolute atomic E-state index is 10.4. The molecule has 0 fully saturated rings. The average molecular weight is 234 g/mol. The van der Waals surface area contributed by atoms with Crippen molar-refractivity contribution < 1.29 is 0 Å². The molecule has 5 nitrogen and oxygen atoms in total. The zero-order chi connectivity index (χ0) is 11.5. The van der Waals surface area contributed by atoms with Crippen LogP contribution in [-0.2, 0) is 0 Å². The van der Waals surface area contributed by atoms with Gasteiger partial charge in [0.25, 0.3) is 0 Å². The van der Waals surface area contributed by atoms with Gasteiger partial charge in [-0.3, -0.25) is 0 Å². The van der Waals surface area contributed by atoms with Crippen molar-refractivity contribution in [3.8, 4) is 10.6 Å². The molecule has 0 atom stereocenters. The van der Waals surface area contributed by atoms with Crippen molar-refractivity contribution >= 4 is 17.2 Å². The fourth-order valence-electron chi connectivity index (χ4n) is 1.19. The lowest BCUT2D eigenvalue weighted by molar-refractivity contribution is 0.825. The first-order chi connectivity index (χ1) is 7.70. The molecule has 2 rings (SSSR count). The van der Waals surface area contributed by atoms with E-state index >= 15 is 0 Å². The number of aromatic nitrogens is 3. The fourth-order valence-corrected chi connectivity index (χ4v) is 2.03. The quantitative estimate of drug-likeness (QED) is 0.765. The predicted molar refractivity (Wildman–Crippen MR) is 62.7 cm³/mol. The van der Waals surface area contributed by atoms with Gasteiger partial charge in [0.05, 0.1) is 0 Å². The Balaban J connectivity index is 2.38. The molecule has 0 unspecified atom stereocenters. The summed E-state index contributed by atoms with van der Waals surface area (Å²) in [6.45, 7) is 4.13. The van der Waals surface area contributed by atoms with Crippen molar-refractivity contribution in [2.45, 2.75) is 19.8 Å². The Labute approximate surface area is 96.5 Å². The van der Waals surface area contributed by atoms with Crippen molar-refractivity contribution in [3.63, 3.8) is 0 Å². The molecular formula is C10H10N4OS. The molecule has 16 heavy (non-hydrogen) atoms. The van der Waals surface area contributed by atoms with Gasteiger partial charge in [-0.1, -0.05) is 25.2 Å². The lowest BCUT2D eigenvalue weighted by Gasteiger charge is -1.95. The van der Waals surface area contributed by atoms with E-state index in [4.69, 9.17) is 0 Å². The van der Waals surface area contributed by atoms with Gasteiger partial charge >= 0.3 is 0 Å². The highest BCUT2D eigenvalue weighted by atomic mass is 32.1. The van der Waals surface area contributed by atoms with E-state index in [1.165, 1.54) is 11.3 Å². The lowest BCUT2D eigenvalue weighted by Crippen LogP contribution is -1.83. The zero-order valence-corrected chi connectivity index (χ0v) is 9.73. The number of pyridine rings is 1. The topological polar surface area (TPSA) is 68.1 Å². The molecule has 0 radical (unpaired) electrons. The Morgan fingerprint density at radius 3 is 2.81 bits per heavy atom. The minimum atomic E-state index is 0.166. The third-order valence-corrected chi connectivity index (χ3v) is 3.29. The molecule has 2 heterocycles. The lowest BCUT2D eigenvalue weighted by atomic mass is 10.2. The maximum Gasteiger partial charge on any atom is 0.197 e. The van der Waals surface area contributed by atoms with E-state index in [1.807, 2.05) is 0 Å². The number of rotatable bonds is 3. The van der Waals surface area contributed by atoms with Crippen LogP contribution < -0.4 is 0 Å². The normalized spacial score (nSPS) is 10.7. The molecule has 0 aliphatic carbocycles. The summed E-state index contributed by atoms with van der Waals surface area (Å²) >= 11 is 1.52. The van der Waals surface area contributed by atoms with E-state index in [0.29, 0.717) is 5.92 Å². The highest BCUT2D eigenvalue weighted by Gasteiger charge is 2.10. The Hall–Kier alpha value is -1.69. The van der Waals surface area contributed by atoms with Crippen molar-refractivity contribution in [3.05, 3.63) is 28.2 Å². The molecule has 0 saturated carbocycles. The summed E-state index contributed by atoms with van der Waals surface area (Å²) in [6, 6.07) is 3.40. The van der Waals surface area contributed by atoms with Crippen molar-refractivity contribution in [2.24, 2.45) is 5.18 Å². The highest BCUT2D eigenvalue weighted by Crippen LogP contribution is 2.28. The summed E-state index contributed by atoms with van der Waals surface area (Å²) in [5.41, 5.74) is 0.828. The van der Waals surface area contributed by atoms with Crippen LogP contribution in [-0.4, -0.2) is 15.2 Å². The van der Waals surface area contributed by atoms with Crippen LogP contribution in [0.15, 0.2) is 23.5 Å². The SMILES string of the molecule is CC(C)c1nnc(-c2ccnc(N=O)c2)s1. The second-order valence-corrected chi connectivity index (χ2v) is 4.60.